The van der Waals surface area contributed by atoms with E-state index in [2.05, 4.69) is 5.32 Å². The van der Waals surface area contributed by atoms with E-state index in [0.717, 1.165) is 11.3 Å². The third-order valence-electron chi connectivity index (χ3n) is 7.84. The minimum Gasteiger partial charge on any atom is -0.497 e. The van der Waals surface area contributed by atoms with Crippen LogP contribution in [0.15, 0.2) is 36.4 Å². The van der Waals surface area contributed by atoms with Gasteiger partial charge in [-0.25, -0.2) is 4.90 Å². The van der Waals surface area contributed by atoms with Crippen LogP contribution in [0.3, 0.4) is 0 Å². The number of anilines is 2. The summed E-state index contributed by atoms with van der Waals surface area (Å²) < 4.78 is 5.41. The summed E-state index contributed by atoms with van der Waals surface area (Å²) >= 11 is 0. The molecule has 0 unspecified atom stereocenters. The number of carbonyl (C=O) groups excluding carboxylic acids is 3. The smallest absolute Gasteiger partial charge is 0.271 e. The Bertz CT molecular complexity index is 1310. The highest BCUT2D eigenvalue weighted by atomic mass is 16.6. The van der Waals surface area contributed by atoms with Gasteiger partial charge in [-0.1, -0.05) is 6.07 Å². The van der Waals surface area contributed by atoms with Crippen molar-refractivity contribution in [2.45, 2.75) is 31.3 Å². The number of carbonyl (C=O) groups is 3. The Morgan fingerprint density at radius 1 is 1.15 bits per heavy atom. The molecule has 1 N–H and O–H groups in total. The Morgan fingerprint density at radius 2 is 1.94 bits per heavy atom. The number of nitrogens with one attached hydrogen (secondary N) is 1. The van der Waals surface area contributed by atoms with E-state index < -0.39 is 34.1 Å². The lowest BCUT2D eigenvalue weighted by atomic mass is 9.75. The van der Waals surface area contributed by atoms with Crippen molar-refractivity contribution in [3.05, 3.63) is 57.6 Å². The maximum absolute atomic E-state index is 14.0. The molecule has 0 aromatic heterocycles. The minimum absolute atomic E-state index is 0.197. The highest BCUT2D eigenvalue weighted by Crippen LogP contribution is 2.61. The predicted octanol–water partition coefficient (Wildman–Crippen LogP) is 2.34. The summed E-state index contributed by atoms with van der Waals surface area (Å²) in [5.74, 6) is -2.32. The van der Waals surface area contributed by atoms with E-state index >= 15 is 0 Å². The first-order valence-corrected chi connectivity index (χ1v) is 11.2. The molecule has 4 heterocycles. The van der Waals surface area contributed by atoms with Crippen molar-refractivity contribution in [3.8, 4) is 5.75 Å². The van der Waals surface area contributed by atoms with Crippen LogP contribution in [0.5, 0.6) is 5.75 Å². The van der Waals surface area contributed by atoms with Crippen LogP contribution in [0.2, 0.25) is 0 Å². The van der Waals surface area contributed by atoms with Gasteiger partial charge in [0, 0.05) is 29.4 Å². The Morgan fingerprint density at radius 3 is 2.68 bits per heavy atom. The molecule has 34 heavy (non-hydrogen) atoms. The average Bonchev–Trinajstić information content (AvgIpc) is 3.52. The van der Waals surface area contributed by atoms with Gasteiger partial charge in [-0.3, -0.25) is 29.4 Å². The number of methoxy groups -OCH3 is 1. The normalized spacial score (nSPS) is 29.4. The van der Waals surface area contributed by atoms with E-state index in [1.165, 1.54) is 25.3 Å². The van der Waals surface area contributed by atoms with E-state index in [1.54, 1.807) is 25.1 Å². The second-order valence-corrected chi connectivity index (χ2v) is 9.28. The number of non-ortho nitro benzene ring substituents is 1. The number of nitro groups is 1. The lowest BCUT2D eigenvalue weighted by molar-refractivity contribution is -0.384. The van der Waals surface area contributed by atoms with E-state index in [-0.39, 0.29) is 23.3 Å². The first kappa shape index (κ1) is 20.8. The molecule has 2 aromatic rings. The molecular formula is C24H22N4O6. The highest BCUT2D eigenvalue weighted by molar-refractivity contribution is 6.26. The monoisotopic (exact) mass is 462 g/mol. The molecule has 174 valence electrons. The molecular weight excluding hydrogens is 440 g/mol. The first-order chi connectivity index (χ1) is 16.3. The van der Waals surface area contributed by atoms with E-state index in [9.17, 15) is 24.5 Å². The van der Waals surface area contributed by atoms with Crippen molar-refractivity contribution in [3.63, 3.8) is 0 Å². The summed E-state index contributed by atoms with van der Waals surface area (Å²) in [7, 11) is 1.53. The number of rotatable bonds is 3. The van der Waals surface area contributed by atoms with Crippen molar-refractivity contribution >= 4 is 34.8 Å². The van der Waals surface area contributed by atoms with Crippen LogP contribution >= 0.6 is 0 Å². The summed E-state index contributed by atoms with van der Waals surface area (Å²) in [6.07, 6.45) is 1.50. The fourth-order valence-electron chi connectivity index (χ4n) is 6.50. The molecule has 6 rings (SSSR count). The quantitative estimate of drug-likeness (QED) is 0.422. The van der Waals surface area contributed by atoms with Crippen molar-refractivity contribution in [2.24, 2.45) is 11.8 Å². The van der Waals surface area contributed by atoms with Crippen LogP contribution in [-0.4, -0.2) is 47.2 Å². The number of benzene rings is 2. The van der Waals surface area contributed by atoms with Crippen LogP contribution in [-0.2, 0) is 19.9 Å². The van der Waals surface area contributed by atoms with Gasteiger partial charge in [0.05, 0.1) is 29.6 Å². The molecule has 10 heteroatoms. The largest absolute Gasteiger partial charge is 0.497 e. The Kier molecular flexibility index (Phi) is 4.20. The van der Waals surface area contributed by atoms with Crippen LogP contribution in [0.4, 0.5) is 17.1 Å². The number of nitrogens with zero attached hydrogens (tertiary/aromatic N) is 3. The maximum Gasteiger partial charge on any atom is 0.271 e. The van der Waals surface area contributed by atoms with Crippen LogP contribution < -0.4 is 15.0 Å². The molecule has 3 saturated heterocycles. The molecule has 4 aliphatic rings. The van der Waals surface area contributed by atoms with E-state index in [1.807, 2.05) is 4.90 Å². The third-order valence-corrected chi connectivity index (χ3v) is 7.84. The third kappa shape index (κ3) is 2.35. The van der Waals surface area contributed by atoms with Gasteiger partial charge in [0.2, 0.25) is 17.7 Å². The number of ether oxygens (including phenoxy) is 1. The first-order valence-electron chi connectivity index (χ1n) is 11.2. The van der Waals surface area contributed by atoms with Gasteiger partial charge in [0.15, 0.2) is 0 Å². The topological polar surface area (TPSA) is 122 Å². The second-order valence-electron chi connectivity index (χ2n) is 9.28. The number of amides is 3. The molecule has 0 aliphatic carbocycles. The van der Waals surface area contributed by atoms with Gasteiger partial charge in [-0.2, -0.15) is 0 Å². The fourth-order valence-corrected chi connectivity index (χ4v) is 6.50. The molecule has 0 bridgehead atoms. The number of fused-ring (bicyclic) bond motifs is 7. The Labute approximate surface area is 194 Å². The molecule has 2 aromatic carbocycles. The number of hydrogen-bond acceptors (Lipinski definition) is 7. The summed E-state index contributed by atoms with van der Waals surface area (Å²) in [5, 5.41) is 14.3. The van der Waals surface area contributed by atoms with E-state index in [0.29, 0.717) is 35.5 Å². The molecule has 4 aliphatic heterocycles. The van der Waals surface area contributed by atoms with Gasteiger partial charge in [0.25, 0.3) is 5.69 Å². The predicted molar refractivity (Wildman–Crippen MR) is 120 cm³/mol. The van der Waals surface area contributed by atoms with Crippen LogP contribution in [0.1, 0.15) is 24.0 Å². The lowest BCUT2D eigenvalue weighted by Crippen LogP contribution is -2.54. The highest BCUT2D eigenvalue weighted by Gasteiger charge is 2.74. The maximum atomic E-state index is 14.0. The molecule has 0 radical (unpaired) electrons. The SMILES string of the molecule is COc1ccc2c(c1)[C@]1(C(=O)N2)[C@@H]2C(=O)N(c3cc([N+](=O)[O-])ccc3C)C(=O)[C@@H]2[C@H]2CCCN21. The zero-order chi connectivity index (χ0) is 23.9. The average molecular weight is 462 g/mol. The van der Waals surface area contributed by atoms with Gasteiger partial charge in [-0.05, 0) is 50.1 Å². The number of hydrogen-bond donors (Lipinski definition) is 1. The molecule has 1 spiro atoms. The van der Waals surface area contributed by atoms with Gasteiger partial charge >= 0.3 is 0 Å². The number of aryl methyl sites for hydroxylation is 1. The molecule has 0 saturated carbocycles. The van der Waals surface area contributed by atoms with E-state index in [4.69, 9.17) is 4.74 Å². The number of nitro benzene ring substituents is 1. The zero-order valence-corrected chi connectivity index (χ0v) is 18.6. The van der Waals surface area contributed by atoms with Crippen molar-refractivity contribution in [2.75, 3.05) is 23.9 Å². The molecule has 4 atom stereocenters. The molecule has 10 nitrogen and oxygen atoms in total. The minimum atomic E-state index is -1.33. The van der Waals surface area contributed by atoms with Gasteiger partial charge in [0.1, 0.15) is 11.3 Å². The van der Waals surface area contributed by atoms with Crippen molar-refractivity contribution in [1.29, 1.82) is 0 Å². The lowest BCUT2D eigenvalue weighted by Gasteiger charge is -2.36. The Balaban J connectivity index is 1.55. The number of imide groups is 1. The fraction of sp³-hybridized carbons (Fsp3) is 0.375. The van der Waals surface area contributed by atoms with Crippen molar-refractivity contribution in [1.82, 2.24) is 4.90 Å². The van der Waals surface area contributed by atoms with Gasteiger partial charge < -0.3 is 10.1 Å². The molecule has 3 amide bonds. The van der Waals surface area contributed by atoms with Crippen molar-refractivity contribution < 1.29 is 24.0 Å². The molecule has 3 fully saturated rings. The van der Waals surface area contributed by atoms with Crippen LogP contribution in [0, 0.1) is 28.9 Å². The standard InChI is InChI=1S/C24H22N4O6/c1-12-5-6-13(28(32)33)10-18(12)27-21(29)19-17-4-3-9-26(17)24(20(19)22(27)30)15-11-14(34-2)7-8-16(15)25-23(24)31/h5-8,10-11,17,19-20H,3-4,9H2,1-2H3,(H,25,31)/t17-,19-,20+,24-/m1/s1. The zero-order valence-electron chi connectivity index (χ0n) is 18.6. The van der Waals surface area contributed by atoms with Crippen LogP contribution in [0.25, 0.3) is 0 Å². The summed E-state index contributed by atoms with van der Waals surface area (Å²) in [6, 6.07) is 9.13. The summed E-state index contributed by atoms with van der Waals surface area (Å²) in [6.45, 7) is 2.30. The van der Waals surface area contributed by atoms with Gasteiger partial charge in [-0.15, -0.1) is 0 Å². The summed E-state index contributed by atoms with van der Waals surface area (Å²) in [5.41, 5.74) is 0.470. The Hall–Kier alpha value is -3.79. The summed E-state index contributed by atoms with van der Waals surface area (Å²) in [4.78, 5) is 55.4. The second kappa shape index (κ2) is 6.86.